The molecule has 0 rings (SSSR count). The summed E-state index contributed by atoms with van der Waals surface area (Å²) in [4.78, 5) is 11.1. The Labute approximate surface area is 144 Å². The molecule has 0 aromatic carbocycles. The van der Waals surface area contributed by atoms with Gasteiger partial charge in [0.05, 0.1) is 5.92 Å². The zero-order valence-corrected chi connectivity index (χ0v) is 16.1. The Morgan fingerprint density at radius 3 is 1.65 bits per heavy atom. The van der Waals surface area contributed by atoms with E-state index in [0.717, 1.165) is 25.7 Å². The fourth-order valence-corrected chi connectivity index (χ4v) is 2.66. The van der Waals surface area contributed by atoms with Gasteiger partial charge in [0, 0.05) is 6.04 Å². The van der Waals surface area contributed by atoms with E-state index >= 15 is 0 Å². The third-order valence-corrected chi connectivity index (χ3v) is 4.17. The minimum Gasteiger partial charge on any atom is -0.481 e. The van der Waals surface area contributed by atoms with Gasteiger partial charge >= 0.3 is 5.97 Å². The lowest BCUT2D eigenvalue weighted by atomic mass is 9.92. The second-order valence-electron chi connectivity index (χ2n) is 6.49. The number of hydrogen-bond donors (Lipinski definition) is 3. The first-order valence-electron chi connectivity index (χ1n) is 9.61. The van der Waals surface area contributed by atoms with E-state index in [-0.39, 0.29) is 12.0 Å². The van der Waals surface area contributed by atoms with Crippen molar-refractivity contribution in [1.82, 2.24) is 5.32 Å². The van der Waals surface area contributed by atoms with Gasteiger partial charge in [-0.25, -0.2) is 0 Å². The monoisotopic (exact) mass is 330 g/mol. The molecule has 0 heterocycles. The Kier molecular flexibility index (Phi) is 20.8. The molecular formula is C19H42N2O2. The van der Waals surface area contributed by atoms with E-state index in [9.17, 15) is 4.79 Å². The van der Waals surface area contributed by atoms with Gasteiger partial charge in [0.1, 0.15) is 0 Å². The quantitative estimate of drug-likeness (QED) is 0.408. The molecule has 0 aliphatic carbocycles. The molecule has 0 aliphatic heterocycles. The van der Waals surface area contributed by atoms with Crippen LogP contribution in [0.25, 0.3) is 0 Å². The third kappa shape index (κ3) is 17.6. The van der Waals surface area contributed by atoms with Crippen LogP contribution in [0.4, 0.5) is 0 Å². The Morgan fingerprint density at radius 2 is 1.30 bits per heavy atom. The molecule has 0 spiro atoms. The molecule has 0 radical (unpaired) electrons. The van der Waals surface area contributed by atoms with Gasteiger partial charge < -0.3 is 16.2 Å². The van der Waals surface area contributed by atoms with Crippen LogP contribution < -0.4 is 11.1 Å². The van der Waals surface area contributed by atoms with E-state index in [4.69, 9.17) is 10.8 Å². The minimum absolute atomic E-state index is 0.189. The minimum atomic E-state index is -0.727. The van der Waals surface area contributed by atoms with Crippen LogP contribution >= 0.6 is 0 Å². The predicted octanol–water partition coefficient (Wildman–Crippen LogP) is 4.57. The molecule has 0 aliphatic rings. The van der Waals surface area contributed by atoms with Crippen LogP contribution in [0.3, 0.4) is 0 Å². The molecule has 23 heavy (non-hydrogen) atoms. The van der Waals surface area contributed by atoms with Crippen LogP contribution in [0.1, 0.15) is 90.9 Å². The Hall–Kier alpha value is -0.610. The summed E-state index contributed by atoms with van der Waals surface area (Å²) < 4.78 is 0. The average molecular weight is 331 g/mol. The molecule has 140 valence electrons. The highest BCUT2D eigenvalue weighted by molar-refractivity contribution is 5.70. The number of aliphatic carboxylic acids is 1. The smallest absolute Gasteiger partial charge is 0.308 e. The molecular weight excluding hydrogens is 288 g/mol. The third-order valence-electron chi connectivity index (χ3n) is 4.17. The summed E-state index contributed by atoms with van der Waals surface area (Å²) in [6.07, 6.45) is 14.3. The number of nitrogens with one attached hydrogen (secondary N) is 1. The van der Waals surface area contributed by atoms with Gasteiger partial charge in [0.25, 0.3) is 0 Å². The molecule has 0 aromatic rings. The molecule has 2 atom stereocenters. The molecule has 0 fully saturated rings. The molecule has 0 saturated carbocycles. The zero-order valence-electron chi connectivity index (χ0n) is 16.1. The normalized spacial score (nSPS) is 13.1. The largest absolute Gasteiger partial charge is 0.481 e. The predicted molar refractivity (Wildman–Crippen MR) is 101 cm³/mol. The molecule has 2 unspecified atom stereocenters. The molecule has 4 N–H and O–H groups in total. The van der Waals surface area contributed by atoms with Gasteiger partial charge in [-0.15, -0.1) is 0 Å². The summed E-state index contributed by atoms with van der Waals surface area (Å²) in [7, 11) is 3.75. The first kappa shape index (κ1) is 24.6. The van der Waals surface area contributed by atoms with Crippen molar-refractivity contribution in [2.45, 2.75) is 96.9 Å². The van der Waals surface area contributed by atoms with E-state index in [1.807, 2.05) is 21.0 Å². The summed E-state index contributed by atoms with van der Waals surface area (Å²) in [5.74, 6) is -1.08. The van der Waals surface area contributed by atoms with Crippen molar-refractivity contribution in [2.24, 2.45) is 11.7 Å². The Balaban J connectivity index is 0. The standard InChI is InChI=1S/C17H35NO2.C2H7N/c1-3-5-6-7-8-9-10-11-12-13-14-15(17(19)20)16(18)4-2;1-3-2/h15-16H,3-14,18H2,1-2H3,(H,19,20);3H,1-2H3. The van der Waals surface area contributed by atoms with E-state index in [1.54, 1.807) is 0 Å². The number of carbonyl (C=O) groups is 1. The molecule has 0 aromatic heterocycles. The molecule has 0 bridgehead atoms. The van der Waals surface area contributed by atoms with Crippen molar-refractivity contribution in [3.63, 3.8) is 0 Å². The summed E-state index contributed by atoms with van der Waals surface area (Å²) in [6, 6.07) is -0.189. The maximum atomic E-state index is 11.1. The number of nitrogens with two attached hydrogens (primary N) is 1. The lowest BCUT2D eigenvalue weighted by Gasteiger charge is -2.18. The van der Waals surface area contributed by atoms with Gasteiger partial charge in [-0.3, -0.25) is 4.79 Å². The van der Waals surface area contributed by atoms with E-state index in [1.165, 1.54) is 51.4 Å². The SMILES string of the molecule is CCCCCCCCCCCCC(C(=O)O)C(N)CC.CNC. The van der Waals surface area contributed by atoms with Crippen molar-refractivity contribution in [1.29, 1.82) is 0 Å². The van der Waals surface area contributed by atoms with Crippen molar-refractivity contribution in [3.05, 3.63) is 0 Å². The van der Waals surface area contributed by atoms with Crippen molar-refractivity contribution in [2.75, 3.05) is 14.1 Å². The zero-order chi connectivity index (χ0) is 17.9. The van der Waals surface area contributed by atoms with Crippen LogP contribution in [0.5, 0.6) is 0 Å². The van der Waals surface area contributed by atoms with Crippen molar-refractivity contribution in [3.8, 4) is 0 Å². The van der Waals surface area contributed by atoms with E-state index in [0.29, 0.717) is 0 Å². The van der Waals surface area contributed by atoms with Gasteiger partial charge in [-0.1, -0.05) is 78.1 Å². The number of rotatable bonds is 14. The number of carboxylic acid groups (broad SMARTS) is 1. The van der Waals surface area contributed by atoms with Crippen molar-refractivity contribution >= 4 is 5.97 Å². The highest BCUT2D eigenvalue weighted by Crippen LogP contribution is 2.17. The molecule has 4 heteroatoms. The highest BCUT2D eigenvalue weighted by Gasteiger charge is 2.22. The van der Waals surface area contributed by atoms with Crippen LogP contribution in [0.15, 0.2) is 0 Å². The first-order valence-corrected chi connectivity index (χ1v) is 9.61. The van der Waals surface area contributed by atoms with Crippen molar-refractivity contribution < 1.29 is 9.90 Å². The molecule has 4 nitrogen and oxygen atoms in total. The second-order valence-corrected chi connectivity index (χ2v) is 6.49. The van der Waals surface area contributed by atoms with Crippen LogP contribution in [-0.4, -0.2) is 31.2 Å². The van der Waals surface area contributed by atoms with Gasteiger partial charge in [0.2, 0.25) is 0 Å². The second kappa shape index (κ2) is 19.4. The fourth-order valence-electron chi connectivity index (χ4n) is 2.66. The maximum Gasteiger partial charge on any atom is 0.308 e. The topological polar surface area (TPSA) is 75.3 Å². The van der Waals surface area contributed by atoms with Crippen LogP contribution in [0.2, 0.25) is 0 Å². The first-order chi connectivity index (χ1) is 11.0. The Morgan fingerprint density at radius 1 is 0.913 bits per heavy atom. The van der Waals surface area contributed by atoms with E-state index in [2.05, 4.69) is 12.2 Å². The summed E-state index contributed by atoms with van der Waals surface area (Å²) in [5, 5.41) is 11.9. The average Bonchev–Trinajstić information content (AvgIpc) is 2.52. The lowest BCUT2D eigenvalue weighted by Crippen LogP contribution is -2.34. The lowest BCUT2D eigenvalue weighted by molar-refractivity contribution is -0.142. The fraction of sp³-hybridized carbons (Fsp3) is 0.947. The summed E-state index contributed by atoms with van der Waals surface area (Å²) >= 11 is 0. The highest BCUT2D eigenvalue weighted by atomic mass is 16.4. The Bertz CT molecular complexity index is 248. The number of unbranched alkanes of at least 4 members (excludes halogenated alkanes) is 9. The van der Waals surface area contributed by atoms with Gasteiger partial charge in [-0.2, -0.15) is 0 Å². The summed E-state index contributed by atoms with van der Waals surface area (Å²) in [6.45, 7) is 4.20. The molecule has 0 amide bonds. The van der Waals surface area contributed by atoms with E-state index < -0.39 is 5.97 Å². The molecule has 0 saturated heterocycles. The van der Waals surface area contributed by atoms with Crippen LogP contribution in [-0.2, 0) is 4.79 Å². The number of carboxylic acids is 1. The maximum absolute atomic E-state index is 11.1. The van der Waals surface area contributed by atoms with Crippen LogP contribution in [0, 0.1) is 5.92 Å². The number of hydrogen-bond acceptors (Lipinski definition) is 3. The van der Waals surface area contributed by atoms with Gasteiger partial charge in [0.15, 0.2) is 0 Å². The van der Waals surface area contributed by atoms with Gasteiger partial charge in [-0.05, 0) is 26.9 Å². The summed E-state index contributed by atoms with van der Waals surface area (Å²) in [5.41, 5.74) is 5.86.